The molecule has 0 aromatic heterocycles. The number of carbonyl (C=O) groups is 1. The fraction of sp³-hybridized carbons (Fsp3) is 0.900. The summed E-state index contributed by atoms with van der Waals surface area (Å²) in [5.74, 6) is -0.102. The predicted octanol–water partition coefficient (Wildman–Crippen LogP) is 1.46. The molecule has 4 nitrogen and oxygen atoms in total. The molecule has 0 spiro atoms. The van der Waals surface area contributed by atoms with Crippen LogP contribution < -0.4 is 5.73 Å². The lowest BCUT2D eigenvalue weighted by Gasteiger charge is -2.33. The lowest BCUT2D eigenvalue weighted by Crippen LogP contribution is -2.51. The quantitative estimate of drug-likeness (QED) is 0.736. The Hall–Kier alpha value is -0.176. The van der Waals surface area contributed by atoms with Crippen molar-refractivity contribution in [2.45, 2.75) is 39.3 Å². The Bertz CT molecular complexity index is 234. The summed E-state index contributed by atoms with van der Waals surface area (Å²) in [4.78, 5) is 11.7. The summed E-state index contributed by atoms with van der Waals surface area (Å²) in [6.07, 6.45) is 0. The first-order valence-corrected chi connectivity index (χ1v) is 12.6. The van der Waals surface area contributed by atoms with Gasteiger partial charge < -0.3 is 14.7 Å². The van der Waals surface area contributed by atoms with Crippen LogP contribution in [0.3, 0.4) is 0 Å². The van der Waals surface area contributed by atoms with Gasteiger partial charge in [0.2, 0.25) is 8.32 Å². The van der Waals surface area contributed by atoms with Gasteiger partial charge in [-0.1, -0.05) is 19.6 Å². The van der Waals surface area contributed by atoms with Crippen molar-refractivity contribution in [1.82, 2.24) is 4.57 Å². The summed E-state index contributed by atoms with van der Waals surface area (Å²) in [6, 6.07) is 0. The Morgan fingerprint density at radius 2 is 1.69 bits per heavy atom. The minimum Gasteiger partial charge on any atom is -0.519 e. The molecule has 0 radical (unpaired) electrons. The van der Waals surface area contributed by atoms with E-state index in [1.54, 1.807) is 0 Å². The van der Waals surface area contributed by atoms with Gasteiger partial charge in [0, 0.05) is 13.1 Å². The Kier molecular flexibility index (Phi) is 5.88. The molecule has 0 aliphatic rings. The molecule has 0 saturated heterocycles. The van der Waals surface area contributed by atoms with Crippen LogP contribution in [-0.4, -0.2) is 46.7 Å². The van der Waals surface area contributed by atoms with Crippen molar-refractivity contribution in [3.63, 3.8) is 0 Å². The summed E-state index contributed by atoms with van der Waals surface area (Å²) in [6.45, 7) is 14.4. The van der Waals surface area contributed by atoms with Crippen LogP contribution in [0.4, 0.5) is 0 Å². The van der Waals surface area contributed by atoms with E-state index in [1.165, 1.54) is 0 Å². The van der Waals surface area contributed by atoms with Crippen molar-refractivity contribution in [3.05, 3.63) is 0 Å². The predicted molar refractivity (Wildman–Crippen MR) is 73.4 cm³/mol. The molecule has 2 N–H and O–H groups in total. The number of hydrogen-bond acceptors (Lipinski definition) is 4. The fourth-order valence-corrected chi connectivity index (χ4v) is 3.49. The molecule has 0 aromatic carbocycles. The third-order valence-electron chi connectivity index (χ3n) is 2.09. The highest BCUT2D eigenvalue weighted by atomic mass is 28.4. The van der Waals surface area contributed by atoms with Gasteiger partial charge in [0.25, 0.3) is 0 Å². The van der Waals surface area contributed by atoms with Gasteiger partial charge in [-0.2, -0.15) is 0 Å². The number of carbonyl (C=O) groups excluding carboxylic acids is 1. The second kappa shape index (κ2) is 5.95. The minimum atomic E-state index is -1.76. The summed E-state index contributed by atoms with van der Waals surface area (Å²) < 4.78 is 7.64. The van der Waals surface area contributed by atoms with Crippen molar-refractivity contribution >= 4 is 22.5 Å². The molecular weight excluding hydrogens is 236 g/mol. The lowest BCUT2D eigenvalue weighted by atomic mass is 10.6. The molecule has 0 rings (SSSR count). The Balaban J connectivity index is 4.36. The van der Waals surface area contributed by atoms with Gasteiger partial charge >= 0.3 is 5.97 Å². The number of rotatable bonds is 6. The van der Waals surface area contributed by atoms with E-state index in [0.29, 0.717) is 13.1 Å². The standard InChI is InChI=1S/C10H26N2O2Si2/c1-15(2,3)12(8-7-11)9-10(13)14-16(4,5)6/h7-9,11H2,1-6H3. The maximum absolute atomic E-state index is 11.7. The van der Waals surface area contributed by atoms with Crippen molar-refractivity contribution in [2.75, 3.05) is 19.6 Å². The van der Waals surface area contributed by atoms with Crippen LogP contribution >= 0.6 is 0 Å². The van der Waals surface area contributed by atoms with E-state index in [1.807, 2.05) is 19.6 Å². The topological polar surface area (TPSA) is 55.6 Å². The highest BCUT2D eigenvalue weighted by Gasteiger charge is 2.27. The minimum absolute atomic E-state index is 0.102. The second-order valence-corrected chi connectivity index (χ2v) is 15.4. The molecule has 0 aliphatic heterocycles. The highest BCUT2D eigenvalue weighted by molar-refractivity contribution is 6.73. The normalized spacial score (nSPS) is 13.0. The van der Waals surface area contributed by atoms with Gasteiger partial charge in [-0.25, -0.2) is 0 Å². The monoisotopic (exact) mass is 262 g/mol. The molecule has 0 saturated carbocycles. The van der Waals surface area contributed by atoms with Crippen LogP contribution in [0.1, 0.15) is 0 Å². The first-order valence-electron chi connectivity index (χ1n) is 5.73. The summed E-state index contributed by atoms with van der Waals surface area (Å²) in [5, 5.41) is 0. The van der Waals surface area contributed by atoms with Gasteiger partial charge in [0.15, 0.2) is 0 Å². The summed E-state index contributed by atoms with van der Waals surface area (Å²) in [7, 11) is -3.24. The molecular formula is C10H26N2O2Si2. The van der Waals surface area contributed by atoms with Gasteiger partial charge in [-0.15, -0.1) is 0 Å². The molecule has 6 heteroatoms. The summed E-state index contributed by atoms with van der Waals surface area (Å²) >= 11 is 0. The first-order chi connectivity index (χ1) is 7.06. The molecule has 0 aliphatic carbocycles. The molecule has 0 heterocycles. The largest absolute Gasteiger partial charge is 0.519 e. The molecule has 0 fully saturated rings. The van der Waals surface area contributed by atoms with Crippen molar-refractivity contribution < 1.29 is 9.22 Å². The molecule has 96 valence electrons. The zero-order chi connectivity index (χ0) is 13.0. The molecule has 16 heavy (non-hydrogen) atoms. The number of nitrogens with zero attached hydrogens (tertiary/aromatic N) is 1. The molecule has 0 amide bonds. The van der Waals surface area contributed by atoms with Gasteiger partial charge in [-0.05, 0) is 19.6 Å². The van der Waals surface area contributed by atoms with Crippen LogP contribution in [0, 0.1) is 0 Å². The average Bonchev–Trinajstić information content (AvgIpc) is 1.97. The number of hydrogen-bond donors (Lipinski definition) is 1. The summed E-state index contributed by atoms with van der Waals surface area (Å²) in [5.41, 5.74) is 5.57. The van der Waals surface area contributed by atoms with Crippen molar-refractivity contribution in [2.24, 2.45) is 5.73 Å². The van der Waals surface area contributed by atoms with Crippen molar-refractivity contribution in [1.29, 1.82) is 0 Å². The van der Waals surface area contributed by atoms with E-state index < -0.39 is 16.6 Å². The average molecular weight is 263 g/mol. The van der Waals surface area contributed by atoms with E-state index in [4.69, 9.17) is 10.2 Å². The number of nitrogens with two attached hydrogens (primary N) is 1. The first kappa shape index (κ1) is 15.8. The van der Waals surface area contributed by atoms with E-state index in [0.717, 1.165) is 6.54 Å². The highest BCUT2D eigenvalue weighted by Crippen LogP contribution is 2.10. The van der Waals surface area contributed by atoms with Gasteiger partial charge in [-0.3, -0.25) is 4.79 Å². The molecule has 0 aromatic rings. The van der Waals surface area contributed by atoms with Gasteiger partial charge in [0.1, 0.15) is 8.24 Å². The zero-order valence-electron chi connectivity index (χ0n) is 11.5. The lowest BCUT2D eigenvalue weighted by molar-refractivity contribution is -0.135. The third kappa shape index (κ3) is 7.16. The van der Waals surface area contributed by atoms with E-state index >= 15 is 0 Å². The van der Waals surface area contributed by atoms with E-state index in [-0.39, 0.29) is 5.97 Å². The maximum atomic E-state index is 11.7. The van der Waals surface area contributed by atoms with Gasteiger partial charge in [0.05, 0.1) is 6.54 Å². The van der Waals surface area contributed by atoms with Crippen LogP contribution in [0.25, 0.3) is 0 Å². The molecule has 0 atom stereocenters. The van der Waals surface area contributed by atoms with E-state index in [9.17, 15) is 4.79 Å². The van der Waals surface area contributed by atoms with Crippen LogP contribution in [0.5, 0.6) is 0 Å². The smallest absolute Gasteiger partial charge is 0.306 e. The molecule has 0 unspecified atom stereocenters. The maximum Gasteiger partial charge on any atom is 0.306 e. The SMILES string of the molecule is C[Si](C)(C)OC(=O)CN(CCN)[Si](C)(C)C. The molecule has 0 bridgehead atoms. The van der Waals surface area contributed by atoms with Crippen LogP contribution in [0.15, 0.2) is 0 Å². The third-order valence-corrected chi connectivity index (χ3v) is 5.21. The second-order valence-electron chi connectivity index (χ2n) is 5.97. The zero-order valence-corrected chi connectivity index (χ0v) is 13.5. The Morgan fingerprint density at radius 3 is 2.00 bits per heavy atom. The fourth-order valence-electron chi connectivity index (χ4n) is 1.34. The van der Waals surface area contributed by atoms with Crippen LogP contribution in [0.2, 0.25) is 39.3 Å². The Labute approximate surface area is 101 Å². The van der Waals surface area contributed by atoms with E-state index in [2.05, 4.69) is 24.2 Å². The Morgan fingerprint density at radius 1 is 1.19 bits per heavy atom. The van der Waals surface area contributed by atoms with Crippen molar-refractivity contribution in [3.8, 4) is 0 Å². The van der Waals surface area contributed by atoms with Crippen LogP contribution in [-0.2, 0) is 9.22 Å².